The van der Waals surface area contributed by atoms with E-state index in [-0.39, 0.29) is 11.5 Å². The molecule has 1 aromatic rings. The van der Waals surface area contributed by atoms with Gasteiger partial charge in [-0.1, -0.05) is 18.2 Å². The molecule has 1 rings (SSSR count). The van der Waals surface area contributed by atoms with E-state index >= 15 is 0 Å². The smallest absolute Gasteiger partial charge is 0.213 e. The minimum Gasteiger partial charge on any atom is -0.295 e. The van der Waals surface area contributed by atoms with Crippen LogP contribution in [0.3, 0.4) is 0 Å². The predicted octanol–water partition coefficient (Wildman–Crippen LogP) is 0.678. The number of ketones is 1. The average molecular weight is 213 g/mol. The van der Waals surface area contributed by atoms with Gasteiger partial charge in [0, 0.05) is 5.56 Å². The van der Waals surface area contributed by atoms with Gasteiger partial charge in [0.15, 0.2) is 5.78 Å². The number of carbonyl (C=O) groups excluding carboxylic acids is 1. The van der Waals surface area contributed by atoms with Crippen molar-refractivity contribution in [1.82, 2.24) is 0 Å². The van der Waals surface area contributed by atoms with Gasteiger partial charge >= 0.3 is 0 Å². The Morgan fingerprint density at radius 2 is 2.07 bits per heavy atom. The molecule has 0 saturated carbocycles. The van der Waals surface area contributed by atoms with E-state index in [0.29, 0.717) is 11.1 Å². The topological polar surface area (TPSA) is 77.2 Å². The zero-order valence-electron chi connectivity index (χ0n) is 7.73. The zero-order valence-corrected chi connectivity index (χ0v) is 8.54. The van der Waals surface area contributed by atoms with E-state index in [1.54, 1.807) is 18.2 Å². The van der Waals surface area contributed by atoms with E-state index in [1.807, 2.05) is 0 Å². The molecule has 0 aliphatic carbocycles. The summed E-state index contributed by atoms with van der Waals surface area (Å²) in [6.45, 7) is 1.43. The van der Waals surface area contributed by atoms with E-state index in [9.17, 15) is 13.2 Å². The summed E-state index contributed by atoms with van der Waals surface area (Å²) in [7, 11) is -3.53. The number of hydrogen-bond donors (Lipinski definition) is 1. The molecule has 0 aliphatic rings. The molecule has 0 unspecified atom stereocenters. The fourth-order valence-corrected chi connectivity index (χ4v) is 1.76. The highest BCUT2D eigenvalue weighted by Gasteiger charge is 2.06. The minimum absolute atomic E-state index is 0.0960. The highest BCUT2D eigenvalue weighted by Crippen LogP contribution is 2.08. The van der Waals surface area contributed by atoms with Gasteiger partial charge in [-0.05, 0) is 18.6 Å². The normalized spacial score (nSPS) is 11.3. The molecule has 0 spiro atoms. The number of sulfonamides is 1. The van der Waals surface area contributed by atoms with Crippen molar-refractivity contribution in [3.8, 4) is 0 Å². The van der Waals surface area contributed by atoms with Crippen LogP contribution in [0, 0.1) is 0 Å². The van der Waals surface area contributed by atoms with Crippen molar-refractivity contribution < 1.29 is 13.2 Å². The van der Waals surface area contributed by atoms with E-state index in [4.69, 9.17) is 5.14 Å². The number of rotatable bonds is 3. The van der Waals surface area contributed by atoms with Gasteiger partial charge in [-0.15, -0.1) is 0 Å². The van der Waals surface area contributed by atoms with Crippen molar-refractivity contribution in [2.24, 2.45) is 5.14 Å². The van der Waals surface area contributed by atoms with Crippen LogP contribution in [-0.2, 0) is 15.8 Å². The Kier molecular flexibility index (Phi) is 3.03. The van der Waals surface area contributed by atoms with Crippen LogP contribution in [0.25, 0.3) is 0 Å². The van der Waals surface area contributed by atoms with Crippen LogP contribution in [0.2, 0.25) is 0 Å². The van der Waals surface area contributed by atoms with Crippen molar-refractivity contribution in [3.05, 3.63) is 35.4 Å². The highest BCUT2D eigenvalue weighted by molar-refractivity contribution is 7.88. The number of hydrogen-bond acceptors (Lipinski definition) is 3. The van der Waals surface area contributed by atoms with Gasteiger partial charge < -0.3 is 0 Å². The fraction of sp³-hybridized carbons (Fsp3) is 0.222. The van der Waals surface area contributed by atoms with E-state index in [1.165, 1.54) is 13.0 Å². The third-order valence-corrected chi connectivity index (χ3v) is 2.44. The number of carbonyl (C=O) groups is 1. The molecular weight excluding hydrogens is 202 g/mol. The van der Waals surface area contributed by atoms with Gasteiger partial charge in [0.05, 0.1) is 5.75 Å². The molecular formula is C9H11NO3S. The predicted molar refractivity (Wildman–Crippen MR) is 53.3 cm³/mol. The minimum atomic E-state index is -3.53. The first-order valence-electron chi connectivity index (χ1n) is 3.99. The molecule has 2 N–H and O–H groups in total. The van der Waals surface area contributed by atoms with Crippen LogP contribution in [0.5, 0.6) is 0 Å². The number of Topliss-reactive ketones (excluding diaryl/α,β-unsaturated/α-hetero) is 1. The molecule has 4 nitrogen and oxygen atoms in total. The molecule has 0 amide bonds. The summed E-state index contributed by atoms with van der Waals surface area (Å²) in [5.74, 6) is -0.338. The van der Waals surface area contributed by atoms with Crippen LogP contribution in [-0.4, -0.2) is 14.2 Å². The van der Waals surface area contributed by atoms with E-state index in [2.05, 4.69) is 0 Å². The lowest BCUT2D eigenvalue weighted by Gasteiger charge is -2.01. The average Bonchev–Trinajstić information content (AvgIpc) is 2.01. The first-order valence-corrected chi connectivity index (χ1v) is 5.70. The number of benzene rings is 1. The van der Waals surface area contributed by atoms with Gasteiger partial charge in [0.1, 0.15) is 0 Å². The first-order chi connectivity index (χ1) is 6.38. The molecule has 0 bridgehead atoms. The first kappa shape index (κ1) is 10.9. The van der Waals surface area contributed by atoms with Gasteiger partial charge in [-0.3, -0.25) is 4.79 Å². The van der Waals surface area contributed by atoms with Crippen LogP contribution in [0.15, 0.2) is 24.3 Å². The number of primary sulfonamides is 1. The van der Waals surface area contributed by atoms with Crippen LogP contribution in [0.1, 0.15) is 22.8 Å². The third-order valence-electron chi connectivity index (χ3n) is 1.70. The fourth-order valence-electron chi connectivity index (χ4n) is 1.11. The van der Waals surface area contributed by atoms with Crippen LogP contribution in [0.4, 0.5) is 0 Å². The van der Waals surface area contributed by atoms with Crippen molar-refractivity contribution in [3.63, 3.8) is 0 Å². The Bertz CT molecular complexity index is 451. The van der Waals surface area contributed by atoms with Crippen molar-refractivity contribution in [2.75, 3.05) is 0 Å². The Morgan fingerprint density at radius 3 is 2.57 bits per heavy atom. The summed E-state index contributed by atoms with van der Waals surface area (Å²) in [6, 6.07) is 6.43. The molecule has 0 heterocycles. The Morgan fingerprint density at radius 1 is 1.43 bits per heavy atom. The monoisotopic (exact) mass is 213 g/mol. The molecule has 0 saturated heterocycles. The summed E-state index contributed by atoms with van der Waals surface area (Å²) < 4.78 is 21.5. The van der Waals surface area contributed by atoms with Crippen LogP contribution < -0.4 is 5.14 Å². The van der Waals surface area contributed by atoms with Crippen LogP contribution >= 0.6 is 0 Å². The lowest BCUT2D eigenvalue weighted by atomic mass is 10.1. The summed E-state index contributed by atoms with van der Waals surface area (Å²) >= 11 is 0. The highest BCUT2D eigenvalue weighted by atomic mass is 32.2. The molecule has 1 aromatic carbocycles. The number of nitrogens with two attached hydrogens (primary N) is 1. The third kappa shape index (κ3) is 3.27. The quantitative estimate of drug-likeness (QED) is 0.750. The van der Waals surface area contributed by atoms with Crippen molar-refractivity contribution in [2.45, 2.75) is 12.7 Å². The molecule has 14 heavy (non-hydrogen) atoms. The Labute approximate surface area is 82.8 Å². The summed E-state index contributed by atoms with van der Waals surface area (Å²) in [6.07, 6.45) is 0. The molecule has 5 heteroatoms. The maximum Gasteiger partial charge on any atom is 0.213 e. The van der Waals surface area contributed by atoms with Crippen molar-refractivity contribution >= 4 is 15.8 Å². The summed E-state index contributed by atoms with van der Waals surface area (Å²) in [5, 5.41) is 4.88. The van der Waals surface area contributed by atoms with Gasteiger partial charge in [0.2, 0.25) is 10.0 Å². The second-order valence-electron chi connectivity index (χ2n) is 3.06. The van der Waals surface area contributed by atoms with E-state index in [0.717, 1.165) is 0 Å². The van der Waals surface area contributed by atoms with E-state index < -0.39 is 10.0 Å². The Hall–Kier alpha value is -1.20. The second kappa shape index (κ2) is 3.89. The zero-order chi connectivity index (χ0) is 10.8. The molecule has 0 fully saturated rings. The summed E-state index contributed by atoms with van der Waals surface area (Å²) in [5.41, 5.74) is 1.02. The molecule has 0 aliphatic heterocycles. The van der Waals surface area contributed by atoms with Gasteiger partial charge in [0.25, 0.3) is 0 Å². The summed E-state index contributed by atoms with van der Waals surface area (Å²) in [4.78, 5) is 11.0. The van der Waals surface area contributed by atoms with Crippen molar-refractivity contribution in [1.29, 1.82) is 0 Å². The maximum atomic E-state index is 11.0. The Balaban J connectivity index is 3.01. The SMILES string of the molecule is CC(=O)c1cccc(CS(N)(=O)=O)c1. The molecule has 0 aromatic heterocycles. The standard InChI is InChI=1S/C9H11NO3S/c1-7(11)9-4-2-3-8(5-9)6-14(10,12)13/h2-5H,6H2,1H3,(H2,10,12,13). The molecule has 0 atom stereocenters. The largest absolute Gasteiger partial charge is 0.295 e. The second-order valence-corrected chi connectivity index (χ2v) is 4.68. The lowest BCUT2D eigenvalue weighted by molar-refractivity contribution is 0.101. The molecule has 0 radical (unpaired) electrons. The lowest BCUT2D eigenvalue weighted by Crippen LogP contribution is -2.14. The molecule has 76 valence electrons. The van der Waals surface area contributed by atoms with Gasteiger partial charge in [-0.25, -0.2) is 13.6 Å². The van der Waals surface area contributed by atoms with Gasteiger partial charge in [-0.2, -0.15) is 0 Å². The maximum absolute atomic E-state index is 11.0.